The number of hydrogen-bond acceptors (Lipinski definition) is 2. The Labute approximate surface area is 82.5 Å². The monoisotopic (exact) mass is 191 g/mol. The number of methoxy groups -OCH3 is 1. The lowest BCUT2D eigenvalue weighted by Gasteiger charge is -2.01. The summed E-state index contributed by atoms with van der Waals surface area (Å²) < 4.78 is 7.06. The molecule has 1 heterocycles. The Morgan fingerprint density at radius 2 is 2.14 bits per heavy atom. The summed E-state index contributed by atoms with van der Waals surface area (Å²) in [4.78, 5) is 0. The SMILES string of the molecule is COCn1cc(CO)c2ccccc21. The molecule has 1 aromatic heterocycles. The van der Waals surface area contributed by atoms with E-state index < -0.39 is 0 Å². The van der Waals surface area contributed by atoms with Gasteiger partial charge >= 0.3 is 0 Å². The second-order valence-corrected chi connectivity index (χ2v) is 3.22. The fourth-order valence-corrected chi connectivity index (χ4v) is 1.69. The van der Waals surface area contributed by atoms with Crippen molar-refractivity contribution in [1.82, 2.24) is 4.57 Å². The van der Waals surface area contributed by atoms with Crippen LogP contribution in [0.1, 0.15) is 5.56 Å². The van der Waals surface area contributed by atoms with Crippen LogP contribution in [0.2, 0.25) is 0 Å². The van der Waals surface area contributed by atoms with E-state index in [9.17, 15) is 0 Å². The normalized spacial score (nSPS) is 11.0. The maximum Gasteiger partial charge on any atom is 0.122 e. The molecule has 2 aromatic rings. The highest BCUT2D eigenvalue weighted by atomic mass is 16.5. The fourth-order valence-electron chi connectivity index (χ4n) is 1.69. The van der Waals surface area contributed by atoms with E-state index in [1.165, 1.54) is 0 Å². The molecule has 1 aromatic carbocycles. The van der Waals surface area contributed by atoms with Gasteiger partial charge in [0.25, 0.3) is 0 Å². The van der Waals surface area contributed by atoms with Crippen LogP contribution in [0.5, 0.6) is 0 Å². The fraction of sp³-hybridized carbons (Fsp3) is 0.273. The van der Waals surface area contributed by atoms with Gasteiger partial charge in [0.05, 0.1) is 12.1 Å². The summed E-state index contributed by atoms with van der Waals surface area (Å²) in [6, 6.07) is 7.98. The number of aliphatic hydroxyl groups is 1. The lowest BCUT2D eigenvalue weighted by Crippen LogP contribution is -1.96. The molecule has 0 spiro atoms. The van der Waals surface area contributed by atoms with Crippen molar-refractivity contribution < 1.29 is 9.84 Å². The van der Waals surface area contributed by atoms with Gasteiger partial charge in [-0.15, -0.1) is 0 Å². The van der Waals surface area contributed by atoms with Crippen LogP contribution in [0.15, 0.2) is 30.5 Å². The Bertz CT molecular complexity index is 434. The van der Waals surface area contributed by atoms with Gasteiger partial charge in [0, 0.05) is 24.3 Å². The van der Waals surface area contributed by atoms with Crippen molar-refractivity contribution in [2.24, 2.45) is 0 Å². The average Bonchev–Trinajstić information content (AvgIpc) is 2.58. The molecule has 0 atom stereocenters. The maximum atomic E-state index is 9.16. The number of rotatable bonds is 3. The molecule has 0 bridgehead atoms. The number of hydrogen-bond donors (Lipinski definition) is 1. The van der Waals surface area contributed by atoms with E-state index in [1.807, 2.05) is 35.0 Å². The highest BCUT2D eigenvalue weighted by molar-refractivity contribution is 5.83. The Hall–Kier alpha value is -1.32. The third-order valence-electron chi connectivity index (χ3n) is 2.31. The molecule has 0 fully saturated rings. The topological polar surface area (TPSA) is 34.4 Å². The zero-order chi connectivity index (χ0) is 9.97. The first-order chi connectivity index (χ1) is 6.86. The van der Waals surface area contributed by atoms with Crippen LogP contribution >= 0.6 is 0 Å². The molecule has 0 radical (unpaired) electrons. The molecule has 0 aliphatic heterocycles. The molecule has 0 aliphatic rings. The maximum absolute atomic E-state index is 9.16. The van der Waals surface area contributed by atoms with Crippen LogP contribution in [0.3, 0.4) is 0 Å². The number of aliphatic hydroxyl groups excluding tert-OH is 1. The molecule has 3 heteroatoms. The van der Waals surface area contributed by atoms with Crippen molar-refractivity contribution in [3.8, 4) is 0 Å². The van der Waals surface area contributed by atoms with E-state index >= 15 is 0 Å². The molecule has 0 aliphatic carbocycles. The van der Waals surface area contributed by atoms with Gasteiger partial charge in [-0.1, -0.05) is 18.2 Å². The molecule has 3 nitrogen and oxygen atoms in total. The first kappa shape index (κ1) is 9.24. The van der Waals surface area contributed by atoms with Crippen molar-refractivity contribution in [1.29, 1.82) is 0 Å². The first-order valence-electron chi connectivity index (χ1n) is 4.53. The zero-order valence-corrected chi connectivity index (χ0v) is 8.10. The largest absolute Gasteiger partial charge is 0.392 e. The quantitative estimate of drug-likeness (QED) is 0.801. The lowest BCUT2D eigenvalue weighted by molar-refractivity contribution is 0.134. The molecule has 0 amide bonds. The lowest BCUT2D eigenvalue weighted by atomic mass is 10.2. The Morgan fingerprint density at radius 1 is 1.36 bits per heavy atom. The summed E-state index contributed by atoms with van der Waals surface area (Å²) >= 11 is 0. The van der Waals surface area contributed by atoms with Gasteiger partial charge in [-0.25, -0.2) is 0 Å². The molecular formula is C11H13NO2. The molecule has 2 rings (SSSR count). The van der Waals surface area contributed by atoms with E-state index in [0.717, 1.165) is 16.5 Å². The third kappa shape index (κ3) is 1.41. The standard InChI is InChI=1S/C11H13NO2/c1-14-8-12-6-9(7-13)10-4-2-3-5-11(10)12/h2-6,13H,7-8H2,1H3. The zero-order valence-electron chi connectivity index (χ0n) is 8.10. The number of aromatic nitrogens is 1. The molecular weight excluding hydrogens is 178 g/mol. The molecule has 0 unspecified atom stereocenters. The van der Waals surface area contributed by atoms with E-state index in [2.05, 4.69) is 0 Å². The number of benzene rings is 1. The van der Waals surface area contributed by atoms with Gasteiger partial charge in [0.1, 0.15) is 6.73 Å². The number of fused-ring (bicyclic) bond motifs is 1. The van der Waals surface area contributed by atoms with Crippen LogP contribution < -0.4 is 0 Å². The summed E-state index contributed by atoms with van der Waals surface area (Å²) in [7, 11) is 1.66. The summed E-state index contributed by atoms with van der Waals surface area (Å²) in [5.41, 5.74) is 2.04. The van der Waals surface area contributed by atoms with E-state index in [-0.39, 0.29) is 6.61 Å². The first-order valence-corrected chi connectivity index (χ1v) is 4.53. The minimum Gasteiger partial charge on any atom is -0.392 e. The van der Waals surface area contributed by atoms with Crippen molar-refractivity contribution in [3.63, 3.8) is 0 Å². The van der Waals surface area contributed by atoms with Crippen molar-refractivity contribution in [2.75, 3.05) is 7.11 Å². The Kier molecular flexibility index (Phi) is 2.52. The van der Waals surface area contributed by atoms with Gasteiger partial charge in [-0.3, -0.25) is 0 Å². The number of nitrogens with zero attached hydrogens (tertiary/aromatic N) is 1. The molecule has 0 saturated carbocycles. The Morgan fingerprint density at radius 3 is 2.86 bits per heavy atom. The second kappa shape index (κ2) is 3.82. The van der Waals surface area contributed by atoms with Crippen molar-refractivity contribution in [2.45, 2.75) is 13.3 Å². The van der Waals surface area contributed by atoms with Crippen LogP contribution in [-0.2, 0) is 18.1 Å². The van der Waals surface area contributed by atoms with Crippen molar-refractivity contribution >= 4 is 10.9 Å². The number of para-hydroxylation sites is 1. The van der Waals surface area contributed by atoms with Gasteiger partial charge in [-0.2, -0.15) is 0 Å². The average molecular weight is 191 g/mol. The van der Waals surface area contributed by atoms with Crippen LogP contribution in [-0.4, -0.2) is 16.8 Å². The minimum atomic E-state index is 0.0667. The van der Waals surface area contributed by atoms with Crippen LogP contribution in [0, 0.1) is 0 Å². The molecule has 0 saturated heterocycles. The predicted molar refractivity (Wildman–Crippen MR) is 54.9 cm³/mol. The summed E-state index contributed by atoms with van der Waals surface area (Å²) in [6.45, 7) is 0.581. The molecule has 74 valence electrons. The van der Waals surface area contributed by atoms with Gasteiger partial charge < -0.3 is 14.4 Å². The summed E-state index contributed by atoms with van der Waals surface area (Å²) in [5, 5.41) is 10.3. The van der Waals surface area contributed by atoms with E-state index in [0.29, 0.717) is 6.73 Å². The summed E-state index contributed by atoms with van der Waals surface area (Å²) in [5.74, 6) is 0. The third-order valence-corrected chi connectivity index (χ3v) is 2.31. The van der Waals surface area contributed by atoms with Gasteiger partial charge in [0.2, 0.25) is 0 Å². The predicted octanol–water partition coefficient (Wildman–Crippen LogP) is 1.74. The minimum absolute atomic E-state index is 0.0667. The smallest absolute Gasteiger partial charge is 0.122 e. The van der Waals surface area contributed by atoms with Crippen molar-refractivity contribution in [3.05, 3.63) is 36.0 Å². The van der Waals surface area contributed by atoms with E-state index in [4.69, 9.17) is 9.84 Å². The van der Waals surface area contributed by atoms with E-state index in [1.54, 1.807) is 7.11 Å². The summed E-state index contributed by atoms with van der Waals surface area (Å²) in [6.07, 6.45) is 1.92. The van der Waals surface area contributed by atoms with Gasteiger partial charge in [-0.05, 0) is 6.07 Å². The number of ether oxygens (including phenoxy) is 1. The molecule has 14 heavy (non-hydrogen) atoms. The second-order valence-electron chi connectivity index (χ2n) is 3.22. The Balaban J connectivity index is 2.61. The highest BCUT2D eigenvalue weighted by Gasteiger charge is 2.05. The molecule has 1 N–H and O–H groups in total. The van der Waals surface area contributed by atoms with Gasteiger partial charge in [0.15, 0.2) is 0 Å². The highest BCUT2D eigenvalue weighted by Crippen LogP contribution is 2.20. The van der Waals surface area contributed by atoms with Crippen LogP contribution in [0.4, 0.5) is 0 Å². The van der Waals surface area contributed by atoms with Crippen LogP contribution in [0.25, 0.3) is 10.9 Å².